The SMILES string of the molecule is CCc1nnc2n1CCN(C(=O)c1cccc3c1O[C@@H](C)C(=O)N3)C2. The molecule has 2 amide bonds. The molecule has 25 heavy (non-hydrogen) atoms. The molecule has 0 unspecified atom stereocenters. The number of aromatic nitrogens is 3. The van der Waals surface area contributed by atoms with Gasteiger partial charge in [0.2, 0.25) is 0 Å². The molecule has 0 saturated heterocycles. The lowest BCUT2D eigenvalue weighted by molar-refractivity contribution is -0.122. The molecule has 2 aromatic rings. The number of aryl methyl sites for hydroxylation is 1. The monoisotopic (exact) mass is 341 g/mol. The normalized spacial score (nSPS) is 18.9. The van der Waals surface area contributed by atoms with E-state index in [0.717, 1.165) is 18.1 Å². The van der Waals surface area contributed by atoms with Crippen molar-refractivity contribution in [2.75, 3.05) is 11.9 Å². The number of rotatable bonds is 2. The van der Waals surface area contributed by atoms with Crippen LogP contribution in [-0.2, 0) is 24.3 Å². The highest BCUT2D eigenvalue weighted by Crippen LogP contribution is 2.34. The van der Waals surface area contributed by atoms with Crippen molar-refractivity contribution >= 4 is 17.5 Å². The fraction of sp³-hybridized carbons (Fsp3) is 0.412. The number of benzene rings is 1. The van der Waals surface area contributed by atoms with Crippen molar-refractivity contribution in [1.29, 1.82) is 0 Å². The molecule has 130 valence electrons. The smallest absolute Gasteiger partial charge is 0.265 e. The highest BCUT2D eigenvalue weighted by molar-refractivity contribution is 6.04. The summed E-state index contributed by atoms with van der Waals surface area (Å²) >= 11 is 0. The van der Waals surface area contributed by atoms with Gasteiger partial charge in [-0.3, -0.25) is 9.59 Å². The Labute approximate surface area is 144 Å². The quantitative estimate of drug-likeness (QED) is 0.887. The van der Waals surface area contributed by atoms with Gasteiger partial charge >= 0.3 is 0 Å². The van der Waals surface area contributed by atoms with Crippen molar-refractivity contribution < 1.29 is 14.3 Å². The van der Waals surface area contributed by atoms with E-state index in [4.69, 9.17) is 4.74 Å². The third-order valence-electron chi connectivity index (χ3n) is 4.60. The molecule has 1 atom stereocenters. The summed E-state index contributed by atoms with van der Waals surface area (Å²) < 4.78 is 7.76. The Morgan fingerprint density at radius 2 is 2.20 bits per heavy atom. The number of hydrogen-bond donors (Lipinski definition) is 1. The molecular weight excluding hydrogens is 322 g/mol. The van der Waals surface area contributed by atoms with E-state index in [-0.39, 0.29) is 11.8 Å². The predicted molar refractivity (Wildman–Crippen MR) is 89.3 cm³/mol. The molecule has 8 nitrogen and oxygen atoms in total. The molecule has 1 aromatic heterocycles. The molecule has 1 N–H and O–H groups in total. The lowest BCUT2D eigenvalue weighted by Gasteiger charge is -2.30. The topological polar surface area (TPSA) is 89.3 Å². The second-order valence-electron chi connectivity index (χ2n) is 6.20. The zero-order chi connectivity index (χ0) is 17.6. The van der Waals surface area contributed by atoms with E-state index in [2.05, 4.69) is 20.1 Å². The van der Waals surface area contributed by atoms with Crippen LogP contribution in [0.4, 0.5) is 5.69 Å². The maximum atomic E-state index is 13.0. The van der Waals surface area contributed by atoms with Gasteiger partial charge < -0.3 is 19.5 Å². The van der Waals surface area contributed by atoms with Crippen molar-refractivity contribution in [3.05, 3.63) is 35.4 Å². The van der Waals surface area contributed by atoms with E-state index in [9.17, 15) is 9.59 Å². The summed E-state index contributed by atoms with van der Waals surface area (Å²) in [6, 6.07) is 5.20. The number of amides is 2. The number of para-hydroxylation sites is 1. The molecule has 2 aliphatic heterocycles. The summed E-state index contributed by atoms with van der Waals surface area (Å²) in [4.78, 5) is 26.5. The van der Waals surface area contributed by atoms with Gasteiger partial charge in [-0.1, -0.05) is 13.0 Å². The van der Waals surface area contributed by atoms with Gasteiger partial charge in [-0.05, 0) is 19.1 Å². The van der Waals surface area contributed by atoms with Gasteiger partial charge in [-0.15, -0.1) is 10.2 Å². The van der Waals surface area contributed by atoms with Gasteiger partial charge in [0.1, 0.15) is 5.82 Å². The zero-order valence-corrected chi connectivity index (χ0v) is 14.2. The number of ether oxygens (including phenoxy) is 1. The van der Waals surface area contributed by atoms with Crippen LogP contribution < -0.4 is 10.1 Å². The molecule has 8 heteroatoms. The summed E-state index contributed by atoms with van der Waals surface area (Å²) in [5, 5.41) is 11.1. The van der Waals surface area contributed by atoms with E-state index >= 15 is 0 Å². The summed E-state index contributed by atoms with van der Waals surface area (Å²) in [6.07, 6.45) is 0.191. The summed E-state index contributed by atoms with van der Waals surface area (Å²) in [5.74, 6) is 1.83. The second kappa shape index (κ2) is 5.87. The van der Waals surface area contributed by atoms with Gasteiger partial charge in [0.05, 0.1) is 17.8 Å². The largest absolute Gasteiger partial charge is 0.478 e. The van der Waals surface area contributed by atoms with Crippen LogP contribution in [0, 0.1) is 0 Å². The number of nitrogens with zero attached hydrogens (tertiary/aromatic N) is 4. The van der Waals surface area contributed by atoms with Crippen LogP contribution in [0.15, 0.2) is 18.2 Å². The standard InChI is InChI=1S/C17H19N5O3/c1-3-13-19-20-14-9-21(7-8-22(13)14)17(24)11-5-4-6-12-15(11)25-10(2)16(23)18-12/h4-6,10H,3,7-9H2,1-2H3,(H,18,23)/t10-/m0/s1. The van der Waals surface area contributed by atoms with Crippen molar-refractivity contribution in [3.8, 4) is 5.75 Å². The second-order valence-corrected chi connectivity index (χ2v) is 6.20. The van der Waals surface area contributed by atoms with E-state index in [1.165, 1.54) is 0 Å². The number of carbonyl (C=O) groups is 2. The molecule has 0 spiro atoms. The lowest BCUT2D eigenvalue weighted by Crippen LogP contribution is -2.40. The third kappa shape index (κ3) is 2.54. The van der Waals surface area contributed by atoms with E-state index in [1.54, 1.807) is 30.0 Å². The first kappa shape index (κ1) is 15.6. The Balaban J connectivity index is 1.62. The van der Waals surface area contributed by atoms with Crippen molar-refractivity contribution in [2.45, 2.75) is 39.5 Å². The lowest BCUT2D eigenvalue weighted by atomic mass is 10.1. The molecule has 0 bridgehead atoms. The average Bonchev–Trinajstić information content (AvgIpc) is 3.04. The number of fused-ring (bicyclic) bond motifs is 2. The number of carbonyl (C=O) groups excluding carboxylic acids is 2. The van der Waals surface area contributed by atoms with Crippen molar-refractivity contribution in [2.24, 2.45) is 0 Å². The van der Waals surface area contributed by atoms with Crippen LogP contribution in [0.5, 0.6) is 5.75 Å². The Kier molecular flexibility index (Phi) is 3.67. The average molecular weight is 341 g/mol. The maximum Gasteiger partial charge on any atom is 0.265 e. The fourth-order valence-corrected chi connectivity index (χ4v) is 3.22. The Morgan fingerprint density at radius 1 is 1.36 bits per heavy atom. The van der Waals surface area contributed by atoms with E-state index in [0.29, 0.717) is 36.6 Å². The molecular formula is C17H19N5O3. The Hall–Kier alpha value is -2.90. The Bertz CT molecular complexity index is 860. The maximum absolute atomic E-state index is 13.0. The molecule has 0 aliphatic carbocycles. The number of anilines is 1. The Morgan fingerprint density at radius 3 is 3.00 bits per heavy atom. The first-order valence-corrected chi connectivity index (χ1v) is 8.39. The van der Waals surface area contributed by atoms with Crippen LogP contribution >= 0.6 is 0 Å². The van der Waals surface area contributed by atoms with Crippen molar-refractivity contribution in [3.63, 3.8) is 0 Å². The molecule has 2 aliphatic rings. The highest BCUT2D eigenvalue weighted by Gasteiger charge is 2.31. The van der Waals surface area contributed by atoms with Crippen LogP contribution in [0.25, 0.3) is 0 Å². The zero-order valence-electron chi connectivity index (χ0n) is 14.2. The molecule has 1 aromatic carbocycles. The molecule has 0 radical (unpaired) electrons. The van der Waals surface area contributed by atoms with Crippen LogP contribution in [0.2, 0.25) is 0 Å². The minimum atomic E-state index is -0.627. The molecule has 3 heterocycles. The van der Waals surface area contributed by atoms with E-state index in [1.807, 2.05) is 6.92 Å². The molecule has 4 rings (SSSR count). The fourth-order valence-electron chi connectivity index (χ4n) is 3.22. The predicted octanol–water partition coefficient (Wildman–Crippen LogP) is 1.22. The number of hydrogen-bond acceptors (Lipinski definition) is 5. The molecule has 0 saturated carbocycles. The minimum absolute atomic E-state index is 0.132. The first-order chi connectivity index (χ1) is 12.1. The summed E-state index contributed by atoms with van der Waals surface area (Å²) in [5.41, 5.74) is 0.982. The highest BCUT2D eigenvalue weighted by atomic mass is 16.5. The van der Waals surface area contributed by atoms with Crippen molar-refractivity contribution in [1.82, 2.24) is 19.7 Å². The summed E-state index contributed by atoms with van der Waals surface area (Å²) in [7, 11) is 0. The van der Waals surface area contributed by atoms with Gasteiger partial charge in [-0.25, -0.2) is 0 Å². The van der Waals surface area contributed by atoms with Crippen LogP contribution in [0.3, 0.4) is 0 Å². The minimum Gasteiger partial charge on any atom is -0.478 e. The van der Waals surface area contributed by atoms with Gasteiger partial charge in [0, 0.05) is 19.5 Å². The third-order valence-corrected chi connectivity index (χ3v) is 4.60. The summed E-state index contributed by atoms with van der Waals surface area (Å²) in [6.45, 7) is 5.38. The van der Waals surface area contributed by atoms with Crippen LogP contribution in [-0.4, -0.2) is 44.1 Å². The number of nitrogens with one attached hydrogen (secondary N) is 1. The van der Waals surface area contributed by atoms with Gasteiger partial charge in [-0.2, -0.15) is 0 Å². The van der Waals surface area contributed by atoms with Crippen LogP contribution in [0.1, 0.15) is 35.9 Å². The van der Waals surface area contributed by atoms with Gasteiger partial charge in [0.25, 0.3) is 11.8 Å². The molecule has 0 fully saturated rings. The first-order valence-electron chi connectivity index (χ1n) is 8.39. The van der Waals surface area contributed by atoms with Gasteiger partial charge in [0.15, 0.2) is 17.7 Å². The van der Waals surface area contributed by atoms with E-state index < -0.39 is 6.10 Å².